The van der Waals surface area contributed by atoms with E-state index in [4.69, 9.17) is 9.15 Å². The molecule has 1 amide bonds. The Labute approximate surface area is 181 Å². The molecule has 6 nitrogen and oxygen atoms in total. The summed E-state index contributed by atoms with van der Waals surface area (Å²) in [6.07, 6.45) is 1.72. The van der Waals surface area contributed by atoms with Crippen LogP contribution in [0, 0.1) is 6.92 Å². The summed E-state index contributed by atoms with van der Waals surface area (Å²) >= 11 is 0. The number of piperidine rings is 1. The number of furan rings is 1. The van der Waals surface area contributed by atoms with Crippen LogP contribution in [-0.4, -0.2) is 39.8 Å². The summed E-state index contributed by atoms with van der Waals surface area (Å²) in [5, 5.41) is 5.40. The maximum absolute atomic E-state index is 12.7. The first kappa shape index (κ1) is 19.4. The number of aromatic nitrogens is 2. The van der Waals surface area contributed by atoms with Crippen molar-refractivity contribution in [1.82, 2.24) is 14.7 Å². The van der Waals surface area contributed by atoms with Gasteiger partial charge in [0.15, 0.2) is 5.69 Å². The molecule has 2 aromatic heterocycles. The van der Waals surface area contributed by atoms with Crippen molar-refractivity contribution in [3.63, 3.8) is 0 Å². The minimum Gasteiger partial charge on any atom is -0.490 e. The maximum Gasteiger partial charge on any atom is 0.274 e. The van der Waals surface area contributed by atoms with Crippen LogP contribution < -0.4 is 4.74 Å². The summed E-state index contributed by atoms with van der Waals surface area (Å²) in [5.74, 6) is 1.69. The Hall–Kier alpha value is -3.54. The van der Waals surface area contributed by atoms with Crippen molar-refractivity contribution in [3.05, 3.63) is 72.1 Å². The molecule has 0 spiro atoms. The van der Waals surface area contributed by atoms with Crippen molar-refractivity contribution in [2.24, 2.45) is 7.05 Å². The van der Waals surface area contributed by atoms with E-state index in [0.717, 1.165) is 46.6 Å². The van der Waals surface area contributed by atoms with E-state index < -0.39 is 0 Å². The molecule has 1 fully saturated rings. The molecule has 0 unspecified atom stereocenters. The van der Waals surface area contributed by atoms with Crippen LogP contribution in [0.3, 0.4) is 0 Å². The Morgan fingerprint density at radius 2 is 1.81 bits per heavy atom. The molecular formula is C25H25N3O3. The second kappa shape index (κ2) is 7.95. The van der Waals surface area contributed by atoms with Gasteiger partial charge in [-0.2, -0.15) is 5.10 Å². The normalized spacial score (nSPS) is 14.8. The van der Waals surface area contributed by atoms with Crippen molar-refractivity contribution < 1.29 is 13.9 Å². The highest BCUT2D eigenvalue weighted by atomic mass is 16.5. The third-order valence-electron chi connectivity index (χ3n) is 5.93. The molecule has 0 N–H and O–H groups in total. The van der Waals surface area contributed by atoms with Gasteiger partial charge in [-0.1, -0.05) is 18.2 Å². The molecule has 0 bridgehead atoms. The largest absolute Gasteiger partial charge is 0.490 e. The quantitative estimate of drug-likeness (QED) is 0.479. The average molecular weight is 415 g/mol. The Balaban J connectivity index is 1.19. The highest BCUT2D eigenvalue weighted by Crippen LogP contribution is 2.29. The molecule has 2 aromatic carbocycles. The minimum atomic E-state index is -0.00247. The zero-order valence-electron chi connectivity index (χ0n) is 17.7. The second-order valence-electron chi connectivity index (χ2n) is 8.08. The van der Waals surface area contributed by atoms with E-state index in [-0.39, 0.29) is 12.0 Å². The molecule has 0 atom stereocenters. The number of hydrogen-bond donors (Lipinski definition) is 0. The molecule has 6 heteroatoms. The third kappa shape index (κ3) is 3.93. The molecule has 1 aliphatic heterocycles. The summed E-state index contributed by atoms with van der Waals surface area (Å²) in [6, 6.07) is 19.9. The van der Waals surface area contributed by atoms with E-state index in [9.17, 15) is 4.79 Å². The summed E-state index contributed by atoms with van der Waals surface area (Å²) in [5.41, 5.74) is 3.41. The Morgan fingerprint density at radius 3 is 2.48 bits per heavy atom. The molecular weight excluding hydrogens is 390 g/mol. The van der Waals surface area contributed by atoms with Crippen LogP contribution in [0.15, 0.2) is 65.1 Å². The number of hydrogen-bond acceptors (Lipinski definition) is 4. The number of carbonyl (C=O) groups is 1. The first-order chi connectivity index (χ1) is 15.1. The van der Waals surface area contributed by atoms with Crippen molar-refractivity contribution in [1.29, 1.82) is 0 Å². The van der Waals surface area contributed by atoms with E-state index in [1.54, 1.807) is 4.68 Å². The Morgan fingerprint density at radius 1 is 1.06 bits per heavy atom. The van der Waals surface area contributed by atoms with Crippen LogP contribution in [0.2, 0.25) is 0 Å². The molecule has 1 saturated heterocycles. The number of fused-ring (bicyclic) bond motifs is 1. The molecule has 4 aromatic rings. The molecule has 1 aliphatic rings. The van der Waals surface area contributed by atoms with Gasteiger partial charge in [0.2, 0.25) is 0 Å². The van der Waals surface area contributed by atoms with Gasteiger partial charge in [-0.15, -0.1) is 0 Å². The number of rotatable bonds is 4. The Bertz CT molecular complexity index is 1160. The van der Waals surface area contributed by atoms with E-state index in [1.165, 1.54) is 0 Å². The maximum atomic E-state index is 12.7. The van der Waals surface area contributed by atoms with Gasteiger partial charge in [-0.25, -0.2) is 0 Å². The molecule has 3 heterocycles. The highest BCUT2D eigenvalue weighted by molar-refractivity contribution is 5.92. The molecule has 31 heavy (non-hydrogen) atoms. The fourth-order valence-electron chi connectivity index (χ4n) is 4.02. The lowest BCUT2D eigenvalue weighted by atomic mass is 10.1. The summed E-state index contributed by atoms with van der Waals surface area (Å²) < 4.78 is 13.8. The molecule has 0 saturated carbocycles. The van der Waals surface area contributed by atoms with E-state index in [1.807, 2.05) is 73.5 Å². The fourth-order valence-corrected chi connectivity index (χ4v) is 4.02. The number of ether oxygens (including phenoxy) is 1. The molecule has 158 valence electrons. The van der Waals surface area contributed by atoms with Crippen molar-refractivity contribution in [3.8, 4) is 17.1 Å². The second-order valence-corrected chi connectivity index (χ2v) is 8.08. The lowest BCUT2D eigenvalue weighted by Gasteiger charge is -2.31. The zero-order chi connectivity index (χ0) is 21.4. The fraction of sp³-hybridized carbons (Fsp3) is 0.280. The monoisotopic (exact) mass is 415 g/mol. The molecule has 0 aliphatic carbocycles. The first-order valence-electron chi connectivity index (χ1n) is 10.6. The average Bonchev–Trinajstić information content (AvgIpc) is 3.37. The highest BCUT2D eigenvalue weighted by Gasteiger charge is 2.26. The number of benzene rings is 2. The lowest BCUT2D eigenvalue weighted by Crippen LogP contribution is -2.42. The first-order valence-corrected chi connectivity index (χ1v) is 10.6. The number of aryl methyl sites for hydroxylation is 2. The minimum absolute atomic E-state index is 0.00247. The summed E-state index contributed by atoms with van der Waals surface area (Å²) in [7, 11) is 1.85. The zero-order valence-corrected chi connectivity index (χ0v) is 17.7. The van der Waals surface area contributed by atoms with Crippen LogP contribution in [0.5, 0.6) is 5.75 Å². The predicted octanol–water partition coefficient (Wildman–Crippen LogP) is 4.83. The number of amides is 1. The number of likely N-dealkylation sites (tertiary alicyclic amines) is 1. The van der Waals surface area contributed by atoms with Crippen LogP contribution in [0.4, 0.5) is 0 Å². The van der Waals surface area contributed by atoms with Gasteiger partial charge in [-0.05, 0) is 49.4 Å². The predicted molar refractivity (Wildman–Crippen MR) is 119 cm³/mol. The van der Waals surface area contributed by atoms with Gasteiger partial charge in [-0.3, -0.25) is 9.48 Å². The number of para-hydroxylation sites is 1. The van der Waals surface area contributed by atoms with Crippen LogP contribution in [0.1, 0.15) is 29.0 Å². The number of nitrogens with zero attached hydrogens (tertiary/aromatic N) is 3. The lowest BCUT2D eigenvalue weighted by molar-refractivity contribution is 0.0589. The van der Waals surface area contributed by atoms with Gasteiger partial charge in [0.25, 0.3) is 5.91 Å². The van der Waals surface area contributed by atoms with E-state index >= 15 is 0 Å². The number of carbonyl (C=O) groups excluding carboxylic acids is 1. The standard InChI is InChI=1S/C25H25N3O3/c1-17-15-22(26-27(17)2)25(29)28-13-11-21(12-14-28)30-20-9-7-18(8-10-20)24-16-19-5-3-4-6-23(19)31-24/h3-10,15-16,21H,11-14H2,1-2H3. The summed E-state index contributed by atoms with van der Waals surface area (Å²) in [4.78, 5) is 14.5. The topological polar surface area (TPSA) is 60.5 Å². The van der Waals surface area contributed by atoms with Crippen LogP contribution in [-0.2, 0) is 7.05 Å². The van der Waals surface area contributed by atoms with Gasteiger partial charge in [0.05, 0.1) is 0 Å². The van der Waals surface area contributed by atoms with Crippen molar-refractivity contribution >= 4 is 16.9 Å². The van der Waals surface area contributed by atoms with E-state index in [2.05, 4.69) is 11.2 Å². The third-order valence-corrected chi connectivity index (χ3v) is 5.93. The van der Waals surface area contributed by atoms with Crippen molar-refractivity contribution in [2.75, 3.05) is 13.1 Å². The van der Waals surface area contributed by atoms with Gasteiger partial charge >= 0.3 is 0 Å². The Kier molecular flexibility index (Phi) is 4.98. The van der Waals surface area contributed by atoms with Gasteiger partial charge in [0, 0.05) is 49.6 Å². The molecule has 0 radical (unpaired) electrons. The van der Waals surface area contributed by atoms with Crippen molar-refractivity contribution in [2.45, 2.75) is 25.9 Å². The SMILES string of the molecule is Cc1cc(C(=O)N2CCC(Oc3ccc(-c4cc5ccccc5o4)cc3)CC2)nn1C. The van der Waals surface area contributed by atoms with E-state index in [0.29, 0.717) is 18.8 Å². The van der Waals surface area contributed by atoms with Crippen LogP contribution in [0.25, 0.3) is 22.3 Å². The summed E-state index contributed by atoms with van der Waals surface area (Å²) in [6.45, 7) is 3.30. The smallest absolute Gasteiger partial charge is 0.274 e. The molecule has 5 rings (SSSR count). The van der Waals surface area contributed by atoms with Crippen LogP contribution >= 0.6 is 0 Å². The van der Waals surface area contributed by atoms with Gasteiger partial charge in [0.1, 0.15) is 23.2 Å². The van der Waals surface area contributed by atoms with Gasteiger partial charge < -0.3 is 14.1 Å².